The van der Waals surface area contributed by atoms with Crippen LogP contribution in [0.25, 0.3) is 10.1 Å². The van der Waals surface area contributed by atoms with Crippen molar-refractivity contribution in [3.63, 3.8) is 0 Å². The number of fused-ring (bicyclic) bond motifs is 1. The summed E-state index contributed by atoms with van der Waals surface area (Å²) in [5, 5.41) is 3.54. The molecule has 0 saturated carbocycles. The minimum Gasteiger partial charge on any atom is -0.345 e. The fourth-order valence-corrected chi connectivity index (χ4v) is 3.93. The zero-order valence-electron chi connectivity index (χ0n) is 14.0. The highest BCUT2D eigenvalue weighted by Gasteiger charge is 2.21. The van der Waals surface area contributed by atoms with Crippen LogP contribution in [0, 0.1) is 6.92 Å². The molecule has 1 N–H and O–H groups in total. The van der Waals surface area contributed by atoms with Gasteiger partial charge in [-0.05, 0) is 32.4 Å². The van der Waals surface area contributed by atoms with Gasteiger partial charge in [0.1, 0.15) is 0 Å². The molecule has 0 fully saturated rings. The fourth-order valence-electron chi connectivity index (χ4n) is 2.88. The maximum absolute atomic E-state index is 12.8. The minimum absolute atomic E-state index is 0.100. The average Bonchev–Trinajstić information content (AvgIpc) is 2.93. The summed E-state index contributed by atoms with van der Waals surface area (Å²) in [7, 11) is 0. The fraction of sp³-hybridized carbons (Fsp3) is 0.263. The summed E-state index contributed by atoms with van der Waals surface area (Å²) >= 11 is 1.49. The molecule has 1 aromatic carbocycles. The second kappa shape index (κ2) is 6.61. The lowest BCUT2D eigenvalue weighted by Crippen LogP contribution is -2.28. The van der Waals surface area contributed by atoms with E-state index in [1.54, 1.807) is 10.8 Å². The van der Waals surface area contributed by atoms with Crippen molar-refractivity contribution in [2.45, 2.75) is 33.4 Å². The molecule has 0 spiro atoms. The highest BCUT2D eigenvalue weighted by Crippen LogP contribution is 2.28. The van der Waals surface area contributed by atoms with Crippen molar-refractivity contribution < 1.29 is 4.79 Å². The van der Waals surface area contributed by atoms with Crippen molar-refractivity contribution in [3.8, 4) is 0 Å². The molecule has 0 radical (unpaired) electrons. The van der Waals surface area contributed by atoms with Gasteiger partial charge < -0.3 is 9.88 Å². The predicted molar refractivity (Wildman–Crippen MR) is 98.8 cm³/mol. The normalized spacial score (nSPS) is 12.3. The van der Waals surface area contributed by atoms with Crippen molar-refractivity contribution in [2.24, 2.45) is 0 Å². The summed E-state index contributed by atoms with van der Waals surface area (Å²) in [4.78, 5) is 26.3. The molecular formula is C19H20N2O2S. The van der Waals surface area contributed by atoms with Crippen LogP contribution in [-0.2, 0) is 6.54 Å². The first-order chi connectivity index (χ1) is 11.5. The van der Waals surface area contributed by atoms with Gasteiger partial charge in [-0.1, -0.05) is 30.3 Å². The molecule has 4 nitrogen and oxygen atoms in total. The first kappa shape index (κ1) is 16.5. The molecular weight excluding hydrogens is 320 g/mol. The highest BCUT2D eigenvalue weighted by molar-refractivity contribution is 7.19. The van der Waals surface area contributed by atoms with Gasteiger partial charge in [-0.3, -0.25) is 9.59 Å². The third kappa shape index (κ3) is 2.87. The van der Waals surface area contributed by atoms with E-state index in [1.165, 1.54) is 11.3 Å². The molecule has 0 aliphatic heterocycles. The number of aromatic nitrogens is 1. The van der Waals surface area contributed by atoms with Crippen LogP contribution in [0.4, 0.5) is 0 Å². The van der Waals surface area contributed by atoms with E-state index in [2.05, 4.69) is 5.32 Å². The van der Waals surface area contributed by atoms with Gasteiger partial charge in [0, 0.05) is 22.3 Å². The number of nitrogens with zero attached hydrogens (tertiary/aromatic N) is 1. The summed E-state index contributed by atoms with van der Waals surface area (Å²) in [6, 6.07) is 11.6. The summed E-state index contributed by atoms with van der Waals surface area (Å²) < 4.78 is 2.49. The molecule has 1 unspecified atom stereocenters. The Morgan fingerprint density at radius 3 is 2.62 bits per heavy atom. The van der Waals surface area contributed by atoms with E-state index in [1.807, 2.05) is 57.2 Å². The van der Waals surface area contributed by atoms with Crippen LogP contribution in [0.3, 0.4) is 0 Å². The molecule has 2 aromatic heterocycles. The van der Waals surface area contributed by atoms with Crippen molar-refractivity contribution in [1.29, 1.82) is 0 Å². The summed E-state index contributed by atoms with van der Waals surface area (Å²) in [6.07, 6.45) is 1.79. The van der Waals surface area contributed by atoms with Crippen LogP contribution < -0.4 is 10.9 Å². The van der Waals surface area contributed by atoms with Gasteiger partial charge in [0.25, 0.3) is 11.5 Å². The molecule has 1 atom stereocenters. The van der Waals surface area contributed by atoms with E-state index in [0.717, 1.165) is 15.1 Å². The lowest BCUT2D eigenvalue weighted by Gasteiger charge is -2.14. The third-order valence-electron chi connectivity index (χ3n) is 4.21. The van der Waals surface area contributed by atoms with Gasteiger partial charge in [0.2, 0.25) is 0 Å². The minimum atomic E-state index is -0.193. The zero-order valence-corrected chi connectivity index (χ0v) is 14.8. The molecule has 2 heterocycles. The predicted octanol–water partition coefficient (Wildman–Crippen LogP) is 3.88. The number of thiophene rings is 1. The van der Waals surface area contributed by atoms with Gasteiger partial charge in [-0.25, -0.2) is 0 Å². The standard InChI is InChI=1S/C19H20N2O2S/c1-4-21-11-10-15-17(19(21)23)16(13(3)24-15)18(22)20-12(2)14-8-6-5-7-9-14/h5-12H,4H2,1-3H3,(H,20,22). The van der Waals surface area contributed by atoms with Crippen molar-refractivity contribution in [1.82, 2.24) is 9.88 Å². The van der Waals surface area contributed by atoms with E-state index in [4.69, 9.17) is 0 Å². The van der Waals surface area contributed by atoms with E-state index in [-0.39, 0.29) is 17.5 Å². The van der Waals surface area contributed by atoms with Crippen LogP contribution in [0.5, 0.6) is 0 Å². The molecule has 0 aliphatic carbocycles. The number of nitrogens with one attached hydrogen (secondary N) is 1. The average molecular weight is 340 g/mol. The van der Waals surface area contributed by atoms with E-state index in [0.29, 0.717) is 17.5 Å². The Morgan fingerprint density at radius 1 is 1.25 bits per heavy atom. The van der Waals surface area contributed by atoms with Crippen LogP contribution in [0.1, 0.15) is 40.7 Å². The number of pyridine rings is 1. The molecule has 3 aromatic rings. The second-order valence-electron chi connectivity index (χ2n) is 5.79. The number of hydrogen-bond donors (Lipinski definition) is 1. The lowest BCUT2D eigenvalue weighted by molar-refractivity contribution is 0.0941. The summed E-state index contributed by atoms with van der Waals surface area (Å²) in [5.41, 5.74) is 1.44. The maximum atomic E-state index is 12.8. The topological polar surface area (TPSA) is 51.1 Å². The van der Waals surface area contributed by atoms with E-state index < -0.39 is 0 Å². The highest BCUT2D eigenvalue weighted by atomic mass is 32.1. The maximum Gasteiger partial charge on any atom is 0.260 e. The Kier molecular flexibility index (Phi) is 4.53. The summed E-state index contributed by atoms with van der Waals surface area (Å²) in [5.74, 6) is -0.193. The Hall–Kier alpha value is -2.40. The smallest absolute Gasteiger partial charge is 0.260 e. The Bertz CT molecular complexity index is 941. The summed E-state index contributed by atoms with van der Waals surface area (Å²) in [6.45, 7) is 6.35. The van der Waals surface area contributed by atoms with E-state index >= 15 is 0 Å². The van der Waals surface area contributed by atoms with Crippen molar-refractivity contribution >= 4 is 27.3 Å². The van der Waals surface area contributed by atoms with Crippen molar-refractivity contribution in [2.75, 3.05) is 0 Å². The van der Waals surface area contributed by atoms with Gasteiger partial charge in [0.15, 0.2) is 0 Å². The van der Waals surface area contributed by atoms with Crippen LogP contribution >= 0.6 is 11.3 Å². The van der Waals surface area contributed by atoms with Gasteiger partial charge in [-0.2, -0.15) is 0 Å². The molecule has 3 rings (SSSR count). The molecule has 0 saturated heterocycles. The SMILES string of the molecule is CCn1ccc2sc(C)c(C(=O)NC(C)c3ccccc3)c2c1=O. The third-order valence-corrected chi connectivity index (χ3v) is 5.28. The number of rotatable bonds is 4. The molecule has 24 heavy (non-hydrogen) atoms. The lowest BCUT2D eigenvalue weighted by atomic mass is 10.1. The number of benzene rings is 1. The first-order valence-electron chi connectivity index (χ1n) is 8.01. The Labute approximate surface area is 144 Å². The largest absolute Gasteiger partial charge is 0.345 e. The zero-order chi connectivity index (χ0) is 17.3. The molecule has 0 bridgehead atoms. The number of carbonyl (C=O) groups excluding carboxylic acids is 1. The number of carbonyl (C=O) groups is 1. The second-order valence-corrected chi connectivity index (χ2v) is 7.04. The Morgan fingerprint density at radius 2 is 1.96 bits per heavy atom. The van der Waals surface area contributed by atoms with Crippen LogP contribution in [0.2, 0.25) is 0 Å². The van der Waals surface area contributed by atoms with E-state index in [9.17, 15) is 9.59 Å². The first-order valence-corrected chi connectivity index (χ1v) is 8.83. The van der Waals surface area contributed by atoms with Gasteiger partial charge in [-0.15, -0.1) is 11.3 Å². The number of aryl methyl sites for hydroxylation is 2. The van der Waals surface area contributed by atoms with Crippen LogP contribution in [0.15, 0.2) is 47.4 Å². The molecule has 0 aliphatic rings. The van der Waals surface area contributed by atoms with Crippen LogP contribution in [-0.4, -0.2) is 10.5 Å². The number of amides is 1. The number of hydrogen-bond acceptors (Lipinski definition) is 3. The van der Waals surface area contributed by atoms with Gasteiger partial charge >= 0.3 is 0 Å². The molecule has 124 valence electrons. The molecule has 1 amide bonds. The molecule has 5 heteroatoms. The van der Waals surface area contributed by atoms with Crippen molar-refractivity contribution in [3.05, 3.63) is 69.0 Å². The quantitative estimate of drug-likeness (QED) is 0.783. The monoisotopic (exact) mass is 340 g/mol. The van der Waals surface area contributed by atoms with Gasteiger partial charge in [0.05, 0.1) is 17.0 Å². The Balaban J connectivity index is 2.01.